The first-order valence-corrected chi connectivity index (χ1v) is 6.80. The summed E-state index contributed by atoms with van der Waals surface area (Å²) in [5.41, 5.74) is 2.94. The number of aryl methyl sites for hydroxylation is 1. The molecule has 0 aliphatic rings. The van der Waals surface area contributed by atoms with E-state index in [4.69, 9.17) is 4.74 Å². The molecule has 0 saturated carbocycles. The molecule has 2 aromatic carbocycles. The highest BCUT2D eigenvalue weighted by Crippen LogP contribution is 2.27. The average Bonchev–Trinajstić information content (AvgIpc) is 2.52. The van der Waals surface area contributed by atoms with Crippen molar-refractivity contribution >= 4 is 11.4 Å². The first-order valence-electron chi connectivity index (χ1n) is 6.80. The van der Waals surface area contributed by atoms with E-state index in [9.17, 15) is 15.2 Å². The van der Waals surface area contributed by atoms with E-state index >= 15 is 0 Å². The zero-order valence-electron chi connectivity index (χ0n) is 12.5. The summed E-state index contributed by atoms with van der Waals surface area (Å²) in [4.78, 5) is 10.6. The molecule has 0 heterocycles. The fourth-order valence-corrected chi connectivity index (χ4v) is 2.17. The number of aliphatic hydroxyl groups is 1. The number of benzene rings is 2. The van der Waals surface area contributed by atoms with Crippen molar-refractivity contribution in [3.8, 4) is 5.75 Å². The minimum atomic E-state index is -0.449. The van der Waals surface area contributed by atoms with Gasteiger partial charge in [-0.05, 0) is 36.2 Å². The highest BCUT2D eigenvalue weighted by molar-refractivity contribution is 5.63. The lowest BCUT2D eigenvalue weighted by Crippen LogP contribution is -2.05. The van der Waals surface area contributed by atoms with Crippen molar-refractivity contribution in [2.24, 2.45) is 0 Å². The van der Waals surface area contributed by atoms with Gasteiger partial charge in [-0.2, -0.15) is 0 Å². The maximum atomic E-state index is 11.1. The highest BCUT2D eigenvalue weighted by Gasteiger charge is 2.14. The molecule has 0 unspecified atom stereocenters. The van der Waals surface area contributed by atoms with Crippen molar-refractivity contribution in [1.29, 1.82) is 0 Å². The predicted molar refractivity (Wildman–Crippen MR) is 84.1 cm³/mol. The molecule has 0 aliphatic heterocycles. The lowest BCUT2D eigenvalue weighted by atomic mass is 10.1. The van der Waals surface area contributed by atoms with E-state index in [1.807, 2.05) is 25.1 Å². The summed E-state index contributed by atoms with van der Waals surface area (Å²) in [6.45, 7) is 2.19. The van der Waals surface area contributed by atoms with Gasteiger partial charge in [0.2, 0.25) is 0 Å². The summed E-state index contributed by atoms with van der Waals surface area (Å²) in [7, 11) is 1.59. The number of rotatable bonds is 6. The topological polar surface area (TPSA) is 84.6 Å². The second-order valence-corrected chi connectivity index (χ2v) is 4.94. The molecule has 116 valence electrons. The summed E-state index contributed by atoms with van der Waals surface area (Å²) >= 11 is 0. The maximum Gasteiger partial charge on any atom is 0.292 e. The van der Waals surface area contributed by atoms with Gasteiger partial charge in [0.05, 0.1) is 18.6 Å². The van der Waals surface area contributed by atoms with E-state index < -0.39 is 4.92 Å². The van der Waals surface area contributed by atoms with E-state index in [-0.39, 0.29) is 12.3 Å². The van der Waals surface area contributed by atoms with Gasteiger partial charge in [-0.3, -0.25) is 10.1 Å². The standard InChI is InChI=1S/C16H18N2O4/c1-11-3-5-13(16(7-11)22-2)9-17-14-8-12(10-19)4-6-15(14)18(20)21/h3-8,17,19H,9-10H2,1-2H3. The Labute approximate surface area is 128 Å². The van der Waals surface area contributed by atoms with Gasteiger partial charge in [0.1, 0.15) is 11.4 Å². The van der Waals surface area contributed by atoms with Crippen molar-refractivity contribution in [3.05, 3.63) is 63.2 Å². The Morgan fingerprint density at radius 2 is 2.05 bits per heavy atom. The van der Waals surface area contributed by atoms with Gasteiger partial charge < -0.3 is 15.2 Å². The number of anilines is 1. The van der Waals surface area contributed by atoms with Gasteiger partial charge in [-0.25, -0.2) is 0 Å². The molecule has 0 bridgehead atoms. The number of nitro benzene ring substituents is 1. The Morgan fingerprint density at radius 3 is 2.68 bits per heavy atom. The Hall–Kier alpha value is -2.60. The largest absolute Gasteiger partial charge is 0.496 e. The van der Waals surface area contributed by atoms with Crippen molar-refractivity contribution < 1.29 is 14.8 Å². The van der Waals surface area contributed by atoms with Crippen LogP contribution in [0, 0.1) is 17.0 Å². The Morgan fingerprint density at radius 1 is 1.27 bits per heavy atom. The van der Waals surface area contributed by atoms with E-state index in [0.717, 1.165) is 16.9 Å². The van der Waals surface area contributed by atoms with Crippen molar-refractivity contribution in [2.75, 3.05) is 12.4 Å². The number of ether oxygens (including phenoxy) is 1. The van der Waals surface area contributed by atoms with Crippen LogP contribution in [0.1, 0.15) is 16.7 Å². The summed E-state index contributed by atoms with van der Waals surface area (Å²) in [5.74, 6) is 0.730. The Balaban J connectivity index is 2.26. The molecule has 6 heteroatoms. The average molecular weight is 302 g/mol. The van der Waals surface area contributed by atoms with Crippen LogP contribution in [0.3, 0.4) is 0 Å². The number of methoxy groups -OCH3 is 1. The van der Waals surface area contributed by atoms with Gasteiger partial charge in [0.25, 0.3) is 5.69 Å². The molecule has 0 fully saturated rings. The second kappa shape index (κ2) is 6.91. The molecule has 0 spiro atoms. The Bertz CT molecular complexity index is 686. The van der Waals surface area contributed by atoms with Crippen molar-refractivity contribution in [3.63, 3.8) is 0 Å². The van der Waals surface area contributed by atoms with Crippen LogP contribution in [0.2, 0.25) is 0 Å². The van der Waals surface area contributed by atoms with Gasteiger partial charge in [0, 0.05) is 18.2 Å². The zero-order valence-corrected chi connectivity index (χ0v) is 12.5. The molecule has 0 amide bonds. The number of nitro groups is 1. The van der Waals surface area contributed by atoms with Crippen LogP contribution in [-0.4, -0.2) is 17.1 Å². The van der Waals surface area contributed by atoms with Crippen LogP contribution in [0.15, 0.2) is 36.4 Å². The highest BCUT2D eigenvalue weighted by atomic mass is 16.6. The third-order valence-corrected chi connectivity index (χ3v) is 3.35. The summed E-state index contributed by atoms with van der Waals surface area (Å²) < 4.78 is 5.32. The van der Waals surface area contributed by atoms with Crippen LogP contribution in [-0.2, 0) is 13.2 Å². The lowest BCUT2D eigenvalue weighted by Gasteiger charge is -2.12. The molecule has 2 N–H and O–H groups in total. The van der Waals surface area contributed by atoms with Gasteiger partial charge in [-0.15, -0.1) is 0 Å². The quantitative estimate of drug-likeness (QED) is 0.633. The maximum absolute atomic E-state index is 11.1. The summed E-state index contributed by atoms with van der Waals surface area (Å²) in [6.07, 6.45) is 0. The first kappa shape index (κ1) is 15.8. The molecule has 2 aromatic rings. The molecule has 6 nitrogen and oxygen atoms in total. The SMILES string of the molecule is COc1cc(C)ccc1CNc1cc(CO)ccc1[N+](=O)[O-]. The third-order valence-electron chi connectivity index (χ3n) is 3.35. The molecule has 2 rings (SSSR count). The lowest BCUT2D eigenvalue weighted by molar-refractivity contribution is -0.384. The van der Waals surface area contributed by atoms with E-state index in [2.05, 4.69) is 5.32 Å². The third kappa shape index (κ3) is 3.53. The number of hydrogen-bond donors (Lipinski definition) is 2. The molecule has 0 aromatic heterocycles. The van der Waals surface area contributed by atoms with Gasteiger partial charge >= 0.3 is 0 Å². The molecule has 0 saturated heterocycles. The number of nitrogens with zero attached hydrogens (tertiary/aromatic N) is 1. The number of aliphatic hydroxyl groups excluding tert-OH is 1. The second-order valence-electron chi connectivity index (χ2n) is 4.94. The summed E-state index contributed by atoms with van der Waals surface area (Å²) in [5, 5.41) is 23.3. The molecule has 22 heavy (non-hydrogen) atoms. The molecule has 0 aliphatic carbocycles. The van der Waals surface area contributed by atoms with Crippen LogP contribution < -0.4 is 10.1 Å². The fraction of sp³-hybridized carbons (Fsp3) is 0.250. The molecule has 0 radical (unpaired) electrons. The zero-order chi connectivity index (χ0) is 16.1. The summed E-state index contributed by atoms with van der Waals surface area (Å²) in [6, 6.07) is 10.3. The van der Waals surface area contributed by atoms with Crippen LogP contribution in [0.4, 0.5) is 11.4 Å². The van der Waals surface area contributed by atoms with E-state index in [1.165, 1.54) is 12.1 Å². The molecule has 0 atom stereocenters. The molecular weight excluding hydrogens is 284 g/mol. The van der Waals surface area contributed by atoms with Crippen LogP contribution in [0.25, 0.3) is 0 Å². The van der Waals surface area contributed by atoms with Gasteiger partial charge in [-0.1, -0.05) is 12.1 Å². The van der Waals surface area contributed by atoms with Crippen LogP contribution >= 0.6 is 0 Å². The monoisotopic (exact) mass is 302 g/mol. The number of nitrogens with one attached hydrogen (secondary N) is 1. The van der Waals surface area contributed by atoms with Crippen LogP contribution in [0.5, 0.6) is 5.75 Å². The Kier molecular flexibility index (Phi) is 4.95. The minimum Gasteiger partial charge on any atom is -0.496 e. The normalized spacial score (nSPS) is 10.3. The van der Waals surface area contributed by atoms with Crippen molar-refractivity contribution in [1.82, 2.24) is 0 Å². The fourth-order valence-electron chi connectivity index (χ4n) is 2.17. The van der Waals surface area contributed by atoms with Crippen molar-refractivity contribution in [2.45, 2.75) is 20.1 Å². The van der Waals surface area contributed by atoms with E-state index in [0.29, 0.717) is 17.8 Å². The smallest absolute Gasteiger partial charge is 0.292 e. The minimum absolute atomic E-state index is 0.0247. The molecular formula is C16H18N2O4. The van der Waals surface area contributed by atoms with Gasteiger partial charge in [0.15, 0.2) is 0 Å². The van der Waals surface area contributed by atoms with E-state index in [1.54, 1.807) is 13.2 Å². The predicted octanol–water partition coefficient (Wildman–Crippen LogP) is 3.02. The first-order chi connectivity index (χ1) is 10.5. The number of hydrogen-bond acceptors (Lipinski definition) is 5.